The van der Waals surface area contributed by atoms with Gasteiger partial charge in [0.15, 0.2) is 0 Å². The van der Waals surface area contributed by atoms with E-state index in [-0.39, 0.29) is 11.7 Å². The van der Waals surface area contributed by atoms with Gasteiger partial charge in [-0.1, -0.05) is 19.3 Å². The zero-order valence-corrected chi connectivity index (χ0v) is 12.0. The number of ether oxygens (including phenoxy) is 1. The first kappa shape index (κ1) is 14.0. The van der Waals surface area contributed by atoms with E-state index in [0.717, 1.165) is 25.7 Å². The summed E-state index contributed by atoms with van der Waals surface area (Å²) < 4.78 is 5.95. The third-order valence-corrected chi connectivity index (χ3v) is 4.76. The summed E-state index contributed by atoms with van der Waals surface area (Å²) in [5, 5.41) is 14.8. The molecule has 0 bridgehead atoms. The van der Waals surface area contributed by atoms with Crippen LogP contribution in [0.2, 0.25) is 0 Å². The van der Waals surface area contributed by atoms with Crippen molar-refractivity contribution in [2.75, 3.05) is 6.61 Å². The van der Waals surface area contributed by atoms with Crippen molar-refractivity contribution in [3.63, 3.8) is 0 Å². The molecule has 1 aromatic rings. The molecule has 3 heteroatoms. The second-order valence-electron chi connectivity index (χ2n) is 5.24. The predicted molar refractivity (Wildman–Crippen MR) is 76.1 cm³/mol. The summed E-state index contributed by atoms with van der Waals surface area (Å²) >= 11 is 1.72. The summed E-state index contributed by atoms with van der Waals surface area (Å²) in [5.41, 5.74) is 1.07. The highest BCUT2D eigenvalue weighted by Crippen LogP contribution is 2.36. The number of aliphatic hydroxyl groups excluding tert-OH is 1. The molecule has 0 amide bonds. The Morgan fingerprint density at radius 3 is 2.78 bits per heavy atom. The molecule has 0 saturated heterocycles. The van der Waals surface area contributed by atoms with E-state index < -0.39 is 0 Å². The second kappa shape index (κ2) is 6.69. The summed E-state index contributed by atoms with van der Waals surface area (Å²) in [6.07, 6.45) is 7.16. The maximum Gasteiger partial charge on any atom is 0.0940 e. The Morgan fingerprint density at radius 1 is 1.39 bits per heavy atom. The van der Waals surface area contributed by atoms with Crippen LogP contribution in [0.4, 0.5) is 0 Å². The van der Waals surface area contributed by atoms with E-state index in [0.29, 0.717) is 6.61 Å². The molecule has 0 radical (unpaired) electrons. The van der Waals surface area contributed by atoms with Gasteiger partial charge in [-0.2, -0.15) is 11.3 Å². The van der Waals surface area contributed by atoms with Gasteiger partial charge in [-0.25, -0.2) is 0 Å². The van der Waals surface area contributed by atoms with Crippen molar-refractivity contribution in [3.8, 4) is 0 Å². The fourth-order valence-corrected chi connectivity index (χ4v) is 3.72. The van der Waals surface area contributed by atoms with Crippen LogP contribution < -0.4 is 0 Å². The van der Waals surface area contributed by atoms with Crippen LogP contribution in [0.25, 0.3) is 0 Å². The van der Waals surface area contributed by atoms with Gasteiger partial charge in [0.25, 0.3) is 0 Å². The van der Waals surface area contributed by atoms with Crippen LogP contribution >= 0.6 is 11.3 Å². The monoisotopic (exact) mass is 268 g/mol. The van der Waals surface area contributed by atoms with Gasteiger partial charge in [0.2, 0.25) is 0 Å². The average Bonchev–Trinajstić information content (AvgIpc) is 2.90. The minimum atomic E-state index is -0.322. The molecule has 18 heavy (non-hydrogen) atoms. The Morgan fingerprint density at radius 2 is 2.17 bits per heavy atom. The maximum atomic E-state index is 10.5. The Balaban J connectivity index is 1.92. The minimum absolute atomic E-state index is 0.261. The third kappa shape index (κ3) is 3.34. The van der Waals surface area contributed by atoms with Crippen LogP contribution in [0.1, 0.15) is 51.0 Å². The molecular formula is C15H24O2S. The summed E-state index contributed by atoms with van der Waals surface area (Å²) in [6.45, 7) is 2.73. The van der Waals surface area contributed by atoms with Crippen molar-refractivity contribution in [1.82, 2.24) is 0 Å². The molecule has 1 N–H and O–H groups in total. The lowest BCUT2D eigenvalue weighted by molar-refractivity contribution is -0.141. The number of thiophene rings is 1. The first-order valence-electron chi connectivity index (χ1n) is 7.10. The van der Waals surface area contributed by atoms with Crippen LogP contribution in [-0.4, -0.2) is 23.4 Å². The van der Waals surface area contributed by atoms with E-state index >= 15 is 0 Å². The summed E-state index contributed by atoms with van der Waals surface area (Å²) in [4.78, 5) is 0. The molecule has 2 nitrogen and oxygen atoms in total. The SMILES string of the molecule is CCOC1(C(O)CCc2ccsc2)CCCCC1. The molecule has 1 unspecified atom stereocenters. The zero-order chi connectivity index (χ0) is 12.8. The Hall–Kier alpha value is -0.380. The number of rotatable bonds is 6. The molecule has 1 fully saturated rings. The van der Waals surface area contributed by atoms with Gasteiger partial charge >= 0.3 is 0 Å². The lowest BCUT2D eigenvalue weighted by Crippen LogP contribution is -2.46. The van der Waals surface area contributed by atoms with Gasteiger partial charge in [-0.3, -0.25) is 0 Å². The lowest BCUT2D eigenvalue weighted by Gasteiger charge is -2.41. The first-order valence-corrected chi connectivity index (χ1v) is 8.04. The Labute approximate surface area is 114 Å². The van der Waals surface area contributed by atoms with Gasteiger partial charge in [-0.05, 0) is 55.0 Å². The van der Waals surface area contributed by atoms with Gasteiger partial charge in [0.05, 0.1) is 11.7 Å². The van der Waals surface area contributed by atoms with Crippen molar-refractivity contribution in [2.24, 2.45) is 0 Å². The van der Waals surface area contributed by atoms with Crippen molar-refractivity contribution in [2.45, 2.75) is 63.6 Å². The average molecular weight is 268 g/mol. The molecule has 0 spiro atoms. The molecule has 0 aromatic carbocycles. The van der Waals surface area contributed by atoms with Crippen molar-refractivity contribution in [3.05, 3.63) is 22.4 Å². The van der Waals surface area contributed by atoms with Crippen LogP contribution in [-0.2, 0) is 11.2 Å². The van der Waals surface area contributed by atoms with E-state index in [1.54, 1.807) is 11.3 Å². The van der Waals surface area contributed by atoms with Gasteiger partial charge in [0, 0.05) is 6.61 Å². The highest BCUT2D eigenvalue weighted by Gasteiger charge is 2.39. The first-order chi connectivity index (χ1) is 8.77. The number of aliphatic hydroxyl groups is 1. The van der Waals surface area contributed by atoms with E-state index in [1.807, 2.05) is 6.92 Å². The molecular weight excluding hydrogens is 244 g/mol. The van der Waals surface area contributed by atoms with Gasteiger partial charge in [0.1, 0.15) is 0 Å². The number of hydrogen-bond acceptors (Lipinski definition) is 3. The van der Waals surface area contributed by atoms with Crippen LogP contribution in [0, 0.1) is 0 Å². The van der Waals surface area contributed by atoms with Crippen LogP contribution in [0.15, 0.2) is 16.8 Å². The largest absolute Gasteiger partial charge is 0.390 e. The maximum absolute atomic E-state index is 10.5. The quantitative estimate of drug-likeness (QED) is 0.850. The van der Waals surface area contributed by atoms with E-state index in [1.165, 1.54) is 24.8 Å². The normalized spacial score (nSPS) is 20.8. The van der Waals surface area contributed by atoms with E-state index in [4.69, 9.17) is 4.74 Å². The molecule has 1 saturated carbocycles. The van der Waals surface area contributed by atoms with Crippen molar-refractivity contribution in [1.29, 1.82) is 0 Å². The molecule has 1 aliphatic rings. The highest BCUT2D eigenvalue weighted by molar-refractivity contribution is 7.07. The summed E-state index contributed by atoms with van der Waals surface area (Å²) in [5.74, 6) is 0. The Kier molecular flexibility index (Phi) is 5.22. The topological polar surface area (TPSA) is 29.5 Å². The standard InChI is InChI=1S/C15H24O2S/c1-2-17-15(9-4-3-5-10-15)14(16)7-6-13-8-11-18-12-13/h8,11-12,14,16H,2-7,9-10H2,1H3. The van der Waals surface area contributed by atoms with Crippen LogP contribution in [0.3, 0.4) is 0 Å². The van der Waals surface area contributed by atoms with Crippen LogP contribution in [0.5, 0.6) is 0 Å². The molecule has 1 aromatic heterocycles. The molecule has 0 aliphatic heterocycles. The van der Waals surface area contributed by atoms with Crippen molar-refractivity contribution >= 4 is 11.3 Å². The lowest BCUT2D eigenvalue weighted by atomic mass is 9.79. The van der Waals surface area contributed by atoms with Gasteiger partial charge < -0.3 is 9.84 Å². The smallest absolute Gasteiger partial charge is 0.0940 e. The van der Waals surface area contributed by atoms with Gasteiger partial charge in [-0.15, -0.1) is 0 Å². The second-order valence-corrected chi connectivity index (χ2v) is 6.02. The Bertz CT molecular complexity index is 323. The highest BCUT2D eigenvalue weighted by atomic mass is 32.1. The third-order valence-electron chi connectivity index (χ3n) is 4.03. The zero-order valence-electron chi connectivity index (χ0n) is 11.2. The minimum Gasteiger partial charge on any atom is -0.390 e. The fourth-order valence-electron chi connectivity index (χ4n) is 3.01. The fraction of sp³-hybridized carbons (Fsp3) is 0.733. The number of hydrogen-bond donors (Lipinski definition) is 1. The van der Waals surface area contributed by atoms with E-state index in [9.17, 15) is 5.11 Å². The summed E-state index contributed by atoms with van der Waals surface area (Å²) in [7, 11) is 0. The predicted octanol–water partition coefficient (Wildman–Crippen LogP) is 3.78. The molecule has 1 atom stereocenters. The number of aryl methyl sites for hydroxylation is 1. The molecule has 102 valence electrons. The summed E-state index contributed by atoms with van der Waals surface area (Å²) in [6, 6.07) is 2.14. The molecule has 2 rings (SSSR count). The van der Waals surface area contributed by atoms with Crippen molar-refractivity contribution < 1.29 is 9.84 Å². The van der Waals surface area contributed by atoms with E-state index in [2.05, 4.69) is 16.8 Å². The molecule has 1 aliphatic carbocycles. The molecule has 1 heterocycles.